The van der Waals surface area contributed by atoms with Gasteiger partial charge >= 0.3 is 0 Å². The maximum atomic E-state index is 12.7. The van der Waals surface area contributed by atoms with Crippen LogP contribution in [0.5, 0.6) is 5.75 Å². The second kappa shape index (κ2) is 10.1. The summed E-state index contributed by atoms with van der Waals surface area (Å²) in [5.74, 6) is 1.39. The van der Waals surface area contributed by atoms with Crippen LogP contribution in [0, 0.1) is 0 Å². The molecule has 5 nitrogen and oxygen atoms in total. The van der Waals surface area contributed by atoms with Crippen molar-refractivity contribution < 1.29 is 14.3 Å². The van der Waals surface area contributed by atoms with E-state index in [1.807, 2.05) is 29.2 Å². The lowest BCUT2D eigenvalue weighted by atomic mass is 9.99. The van der Waals surface area contributed by atoms with Gasteiger partial charge in [0.2, 0.25) is 0 Å². The van der Waals surface area contributed by atoms with Crippen LogP contribution in [0.2, 0.25) is 0 Å². The minimum absolute atomic E-state index is 0.0634. The van der Waals surface area contributed by atoms with E-state index in [1.165, 1.54) is 5.56 Å². The van der Waals surface area contributed by atoms with E-state index in [2.05, 4.69) is 42.2 Å². The van der Waals surface area contributed by atoms with E-state index in [0.717, 1.165) is 38.2 Å². The van der Waals surface area contributed by atoms with E-state index in [0.29, 0.717) is 37.8 Å². The first-order chi connectivity index (χ1) is 14.7. The summed E-state index contributed by atoms with van der Waals surface area (Å²) < 4.78 is 11.6. The molecule has 4 rings (SSSR count). The number of benzene rings is 2. The number of rotatable bonds is 6. The van der Waals surface area contributed by atoms with Gasteiger partial charge < -0.3 is 19.3 Å². The summed E-state index contributed by atoms with van der Waals surface area (Å²) in [6.45, 7) is 8.03. The van der Waals surface area contributed by atoms with Crippen LogP contribution in [0.1, 0.15) is 41.6 Å². The van der Waals surface area contributed by atoms with Crippen molar-refractivity contribution in [1.82, 2.24) is 9.80 Å². The summed E-state index contributed by atoms with van der Waals surface area (Å²) >= 11 is 0. The quantitative estimate of drug-likeness (QED) is 0.729. The molecule has 2 aromatic rings. The van der Waals surface area contributed by atoms with Gasteiger partial charge in [0.15, 0.2) is 0 Å². The third-order valence-corrected chi connectivity index (χ3v) is 6.12. The number of likely N-dealkylation sites (tertiary alicyclic amines) is 1. The Labute approximate surface area is 179 Å². The van der Waals surface area contributed by atoms with Crippen LogP contribution in [-0.4, -0.2) is 67.7 Å². The molecule has 0 unspecified atom stereocenters. The van der Waals surface area contributed by atoms with E-state index < -0.39 is 0 Å². The average Bonchev–Trinajstić information content (AvgIpc) is 2.81. The van der Waals surface area contributed by atoms with Gasteiger partial charge in [-0.25, -0.2) is 0 Å². The molecule has 2 aliphatic rings. The van der Waals surface area contributed by atoms with Gasteiger partial charge in [0.25, 0.3) is 5.91 Å². The van der Waals surface area contributed by atoms with Crippen molar-refractivity contribution in [3.63, 3.8) is 0 Å². The van der Waals surface area contributed by atoms with Crippen LogP contribution in [-0.2, 0) is 4.74 Å². The topological polar surface area (TPSA) is 42.0 Å². The van der Waals surface area contributed by atoms with Gasteiger partial charge in [-0.15, -0.1) is 0 Å². The van der Waals surface area contributed by atoms with E-state index in [4.69, 9.17) is 9.47 Å². The number of morpholine rings is 1. The van der Waals surface area contributed by atoms with Gasteiger partial charge in [0.05, 0.1) is 13.2 Å². The molecule has 160 valence electrons. The molecular formula is C25H32N2O3. The molecule has 1 amide bonds. The Morgan fingerprint density at radius 3 is 2.50 bits per heavy atom. The zero-order valence-corrected chi connectivity index (χ0v) is 17.8. The Kier molecular flexibility index (Phi) is 7.03. The highest BCUT2D eigenvalue weighted by molar-refractivity contribution is 5.94. The van der Waals surface area contributed by atoms with Crippen molar-refractivity contribution in [1.29, 1.82) is 0 Å². The number of carbonyl (C=O) groups is 1. The van der Waals surface area contributed by atoms with Crippen LogP contribution in [0.3, 0.4) is 0 Å². The molecule has 0 bridgehead atoms. The lowest BCUT2D eigenvalue weighted by Gasteiger charge is -2.34. The van der Waals surface area contributed by atoms with E-state index in [-0.39, 0.29) is 12.0 Å². The van der Waals surface area contributed by atoms with Crippen molar-refractivity contribution >= 4 is 5.91 Å². The van der Waals surface area contributed by atoms with Crippen LogP contribution in [0.25, 0.3) is 0 Å². The number of nitrogens with zero attached hydrogens (tertiary/aromatic N) is 2. The molecule has 2 aliphatic heterocycles. The lowest BCUT2D eigenvalue weighted by Crippen LogP contribution is -2.40. The fraction of sp³-hybridized carbons (Fsp3) is 0.480. The smallest absolute Gasteiger partial charge is 0.254 e. The molecule has 30 heavy (non-hydrogen) atoms. The molecule has 2 fully saturated rings. The molecule has 2 heterocycles. The summed E-state index contributed by atoms with van der Waals surface area (Å²) in [6.07, 6.45) is 2.24. The monoisotopic (exact) mass is 408 g/mol. The fourth-order valence-electron chi connectivity index (χ4n) is 4.33. The maximum absolute atomic E-state index is 12.7. The Bertz CT molecular complexity index is 812. The van der Waals surface area contributed by atoms with Crippen molar-refractivity contribution in [2.45, 2.75) is 31.8 Å². The molecule has 2 saturated heterocycles. The average molecular weight is 409 g/mol. The largest absolute Gasteiger partial charge is 0.490 e. The van der Waals surface area contributed by atoms with Crippen molar-refractivity contribution in [3.05, 3.63) is 65.7 Å². The first kappa shape index (κ1) is 20.9. The van der Waals surface area contributed by atoms with Crippen LogP contribution in [0.4, 0.5) is 0 Å². The number of amides is 1. The summed E-state index contributed by atoms with van der Waals surface area (Å²) in [4.78, 5) is 17.1. The van der Waals surface area contributed by atoms with Gasteiger partial charge in [-0.05, 0) is 42.5 Å². The molecule has 0 N–H and O–H groups in total. The Morgan fingerprint density at radius 1 is 1.03 bits per heavy atom. The number of ether oxygens (including phenoxy) is 2. The predicted octanol–water partition coefficient (Wildman–Crippen LogP) is 3.81. The van der Waals surface area contributed by atoms with E-state index in [9.17, 15) is 4.79 Å². The standard InChI is InChI=1S/C25H32N2O3/c1-20(21-6-3-2-4-7-21)19-26-12-10-23(11-13-26)30-24-9-5-8-22(18-24)25(28)27-14-16-29-17-15-27/h2-9,18,20,23H,10-17,19H2,1H3/t20-/m1/s1. The molecule has 1 atom stereocenters. The maximum Gasteiger partial charge on any atom is 0.254 e. The molecule has 0 aliphatic carbocycles. The Hall–Kier alpha value is -2.37. The minimum Gasteiger partial charge on any atom is -0.490 e. The fourth-order valence-corrected chi connectivity index (χ4v) is 4.33. The van der Waals surface area contributed by atoms with Crippen molar-refractivity contribution in [2.24, 2.45) is 0 Å². The zero-order chi connectivity index (χ0) is 20.8. The second-order valence-corrected chi connectivity index (χ2v) is 8.36. The molecule has 2 aromatic carbocycles. The molecule has 0 aromatic heterocycles. The highest BCUT2D eigenvalue weighted by Crippen LogP contribution is 2.23. The Balaban J connectivity index is 1.27. The zero-order valence-electron chi connectivity index (χ0n) is 17.8. The van der Waals surface area contributed by atoms with Gasteiger partial charge in [0, 0.05) is 38.3 Å². The lowest BCUT2D eigenvalue weighted by molar-refractivity contribution is 0.0302. The molecule has 5 heteroatoms. The van der Waals surface area contributed by atoms with Gasteiger partial charge in [-0.1, -0.05) is 43.3 Å². The number of hydrogen-bond donors (Lipinski definition) is 0. The first-order valence-corrected chi connectivity index (χ1v) is 11.1. The first-order valence-electron chi connectivity index (χ1n) is 11.1. The second-order valence-electron chi connectivity index (χ2n) is 8.36. The Morgan fingerprint density at radius 2 is 1.77 bits per heavy atom. The highest BCUT2D eigenvalue weighted by atomic mass is 16.5. The highest BCUT2D eigenvalue weighted by Gasteiger charge is 2.23. The molecule has 0 spiro atoms. The third kappa shape index (κ3) is 5.41. The molecule has 0 saturated carbocycles. The van der Waals surface area contributed by atoms with E-state index in [1.54, 1.807) is 0 Å². The number of carbonyl (C=O) groups excluding carboxylic acids is 1. The predicted molar refractivity (Wildman–Crippen MR) is 118 cm³/mol. The summed E-state index contributed by atoms with van der Waals surface area (Å²) in [7, 11) is 0. The summed E-state index contributed by atoms with van der Waals surface area (Å²) in [6, 6.07) is 18.4. The van der Waals surface area contributed by atoms with Gasteiger partial charge in [0.1, 0.15) is 11.9 Å². The van der Waals surface area contributed by atoms with Crippen LogP contribution >= 0.6 is 0 Å². The minimum atomic E-state index is 0.0634. The van der Waals surface area contributed by atoms with Crippen LogP contribution in [0.15, 0.2) is 54.6 Å². The van der Waals surface area contributed by atoms with Gasteiger partial charge in [-0.3, -0.25) is 4.79 Å². The summed E-state index contributed by atoms with van der Waals surface area (Å²) in [5, 5.41) is 0. The normalized spacial score (nSPS) is 19.4. The van der Waals surface area contributed by atoms with Gasteiger partial charge in [-0.2, -0.15) is 0 Å². The van der Waals surface area contributed by atoms with Crippen LogP contribution < -0.4 is 4.74 Å². The molecular weight excluding hydrogens is 376 g/mol. The van der Waals surface area contributed by atoms with E-state index >= 15 is 0 Å². The third-order valence-electron chi connectivity index (χ3n) is 6.12. The van der Waals surface area contributed by atoms with Crippen molar-refractivity contribution in [3.8, 4) is 5.75 Å². The number of piperidine rings is 1. The van der Waals surface area contributed by atoms with Crippen molar-refractivity contribution in [2.75, 3.05) is 45.9 Å². The summed E-state index contributed by atoms with van der Waals surface area (Å²) in [5.41, 5.74) is 2.10. The number of hydrogen-bond acceptors (Lipinski definition) is 4. The SMILES string of the molecule is C[C@H](CN1CCC(Oc2cccc(C(=O)N3CCOCC3)c2)CC1)c1ccccc1. The molecule has 0 radical (unpaired) electrons.